The molecule has 50 heavy (non-hydrogen) atoms. The molecule has 11 heteroatoms. The fourth-order valence-electron chi connectivity index (χ4n) is 8.79. The van der Waals surface area contributed by atoms with Gasteiger partial charge in [0.05, 0.1) is 54.2 Å². The van der Waals surface area contributed by atoms with Gasteiger partial charge in [-0.1, -0.05) is 19.9 Å². The number of pyridine rings is 1. The molecule has 3 aromatic heterocycles. The smallest absolute Gasteiger partial charge is 0.318 e. The molecule has 10 nitrogen and oxygen atoms in total. The van der Waals surface area contributed by atoms with Crippen molar-refractivity contribution in [3.8, 4) is 29.1 Å². The van der Waals surface area contributed by atoms with Crippen LogP contribution >= 0.6 is 0 Å². The number of piperidine rings is 1. The van der Waals surface area contributed by atoms with Crippen LogP contribution < -0.4 is 9.64 Å². The molecule has 0 amide bonds. The normalized spacial score (nSPS) is 22.1. The van der Waals surface area contributed by atoms with Crippen LogP contribution in [-0.4, -0.2) is 82.1 Å². The van der Waals surface area contributed by atoms with Gasteiger partial charge < -0.3 is 24.4 Å². The molecular weight excluding hydrogens is 633 g/mol. The first kappa shape index (κ1) is 31.5. The molecular formula is C39H42FN7O3. The number of halogens is 1. The number of nitrogens with zero attached hydrogens (tertiary/aromatic N) is 7. The van der Waals surface area contributed by atoms with Crippen LogP contribution in [-0.2, 0) is 4.74 Å². The summed E-state index contributed by atoms with van der Waals surface area (Å²) in [4.78, 5) is 15.2. The summed E-state index contributed by atoms with van der Waals surface area (Å²) in [5.74, 6) is 1.04. The SMILES string of the molecule is CC1c2c(n3nccc3c3c(N4CCOC[C@H](C)C4)nc(OCC4(CN5CCC(CC#N)CC5)CC4)nc23)-c2cc(O)cc3ccc(F)c1c23. The number of phenolic OH excluding ortho intramolecular Hbond substituents is 1. The number of likely N-dealkylation sites (tertiary alicyclic amines) is 1. The quantitative estimate of drug-likeness (QED) is 0.202. The van der Waals surface area contributed by atoms with Crippen molar-refractivity contribution in [2.45, 2.75) is 51.9 Å². The van der Waals surface area contributed by atoms with Crippen LogP contribution in [0.5, 0.6) is 11.8 Å². The van der Waals surface area contributed by atoms with E-state index in [0.717, 1.165) is 96.2 Å². The first-order chi connectivity index (χ1) is 24.3. The molecule has 258 valence electrons. The highest BCUT2D eigenvalue weighted by Crippen LogP contribution is 2.51. The average molecular weight is 676 g/mol. The van der Waals surface area contributed by atoms with Crippen molar-refractivity contribution in [2.24, 2.45) is 17.3 Å². The summed E-state index contributed by atoms with van der Waals surface area (Å²) >= 11 is 0. The molecule has 4 aliphatic rings. The lowest BCUT2D eigenvalue weighted by Gasteiger charge is -2.33. The van der Waals surface area contributed by atoms with Gasteiger partial charge in [0.15, 0.2) is 0 Å². The Kier molecular flexibility index (Phi) is 7.59. The number of phenols is 1. The summed E-state index contributed by atoms with van der Waals surface area (Å²) in [5, 5.41) is 27.2. The van der Waals surface area contributed by atoms with E-state index in [1.165, 1.54) is 6.07 Å². The number of fused-ring (bicyclic) bond motifs is 7. The molecule has 1 N–H and O–H groups in total. The van der Waals surface area contributed by atoms with Crippen LogP contribution in [0.25, 0.3) is 38.4 Å². The van der Waals surface area contributed by atoms with Gasteiger partial charge in [-0.15, -0.1) is 0 Å². The number of nitriles is 1. The van der Waals surface area contributed by atoms with Crippen molar-refractivity contribution in [3.63, 3.8) is 0 Å². The lowest BCUT2D eigenvalue weighted by molar-refractivity contribution is 0.122. The average Bonchev–Trinajstić information content (AvgIpc) is 3.76. The molecule has 5 aromatic rings. The molecule has 2 aromatic carbocycles. The van der Waals surface area contributed by atoms with Gasteiger partial charge in [-0.2, -0.15) is 20.3 Å². The van der Waals surface area contributed by atoms with Crippen LogP contribution in [0, 0.1) is 34.4 Å². The zero-order valence-electron chi connectivity index (χ0n) is 28.7. The Morgan fingerprint density at radius 1 is 1.08 bits per heavy atom. The van der Waals surface area contributed by atoms with E-state index in [4.69, 9.17) is 29.8 Å². The molecule has 5 heterocycles. The Labute approximate surface area is 290 Å². The molecule has 2 aliphatic carbocycles. The van der Waals surface area contributed by atoms with Gasteiger partial charge in [0.2, 0.25) is 0 Å². The summed E-state index contributed by atoms with van der Waals surface area (Å²) in [5.41, 5.74) is 4.58. The second-order valence-electron chi connectivity index (χ2n) is 15.2. The van der Waals surface area contributed by atoms with Crippen LogP contribution in [0.15, 0.2) is 36.5 Å². The molecule has 0 spiro atoms. The van der Waals surface area contributed by atoms with E-state index in [0.29, 0.717) is 55.8 Å². The molecule has 1 unspecified atom stereocenters. The number of aromatic nitrogens is 4. The van der Waals surface area contributed by atoms with Crippen LogP contribution in [0.3, 0.4) is 0 Å². The highest BCUT2D eigenvalue weighted by molar-refractivity contribution is 6.11. The number of anilines is 1. The Balaban J connectivity index is 1.18. The van der Waals surface area contributed by atoms with Crippen molar-refractivity contribution in [1.29, 1.82) is 5.26 Å². The lowest BCUT2D eigenvalue weighted by Crippen LogP contribution is -2.39. The van der Waals surface area contributed by atoms with Crippen molar-refractivity contribution < 1.29 is 19.0 Å². The van der Waals surface area contributed by atoms with Crippen molar-refractivity contribution >= 4 is 33.0 Å². The third kappa shape index (κ3) is 5.23. The van der Waals surface area contributed by atoms with Gasteiger partial charge in [-0.25, -0.2) is 8.91 Å². The molecule has 3 fully saturated rings. The zero-order valence-corrected chi connectivity index (χ0v) is 28.7. The fourth-order valence-corrected chi connectivity index (χ4v) is 8.79. The predicted octanol–water partition coefficient (Wildman–Crippen LogP) is 6.66. The summed E-state index contributed by atoms with van der Waals surface area (Å²) < 4.78 is 30.4. The van der Waals surface area contributed by atoms with E-state index in [1.54, 1.807) is 24.4 Å². The summed E-state index contributed by atoms with van der Waals surface area (Å²) in [7, 11) is 0. The maximum atomic E-state index is 15.9. The molecule has 0 bridgehead atoms. The highest BCUT2D eigenvalue weighted by Gasteiger charge is 2.45. The standard InChI is InChI=1S/C39H42FN7O3/c1-23-19-46(15-16-49-20-23)37-34-30-6-12-42-47(30)36-28-18-27(48)17-26-3-4-29(40)31(33(26)28)24(2)32(36)35(34)43-38(44-37)50-22-39(9-10-39)21-45-13-7-25(5-11-41)8-14-45/h3-4,6,12,17-18,23-25,48H,5,7-10,13-16,19-22H2,1-2H3/t23-,24?/m1/s1. The number of hydrogen-bond donors (Lipinski definition) is 1. The topological polar surface area (TPSA) is 112 Å². The molecule has 9 rings (SSSR count). The lowest BCUT2D eigenvalue weighted by atomic mass is 9.78. The van der Waals surface area contributed by atoms with Crippen LogP contribution in [0.2, 0.25) is 0 Å². The molecule has 0 radical (unpaired) electrons. The van der Waals surface area contributed by atoms with Gasteiger partial charge in [-0.3, -0.25) is 0 Å². The van der Waals surface area contributed by atoms with E-state index in [9.17, 15) is 5.11 Å². The van der Waals surface area contributed by atoms with E-state index in [-0.39, 0.29) is 28.8 Å². The maximum absolute atomic E-state index is 15.9. The minimum Gasteiger partial charge on any atom is -0.508 e. The Hall–Kier alpha value is -4.53. The number of rotatable bonds is 7. The van der Waals surface area contributed by atoms with Crippen molar-refractivity contribution in [1.82, 2.24) is 24.5 Å². The minimum absolute atomic E-state index is 0.0584. The van der Waals surface area contributed by atoms with Crippen molar-refractivity contribution in [3.05, 3.63) is 53.5 Å². The third-order valence-corrected chi connectivity index (χ3v) is 11.6. The van der Waals surface area contributed by atoms with Crippen molar-refractivity contribution in [2.75, 3.05) is 57.4 Å². The first-order valence-electron chi connectivity index (χ1n) is 18.0. The first-order valence-corrected chi connectivity index (χ1v) is 18.0. The van der Waals surface area contributed by atoms with E-state index < -0.39 is 0 Å². The van der Waals surface area contributed by atoms with Gasteiger partial charge in [-0.05, 0) is 85.6 Å². The third-order valence-electron chi connectivity index (χ3n) is 11.6. The van der Waals surface area contributed by atoms with Gasteiger partial charge in [0.1, 0.15) is 17.4 Å². The van der Waals surface area contributed by atoms with Crippen LogP contribution in [0.1, 0.15) is 63.0 Å². The van der Waals surface area contributed by atoms with Gasteiger partial charge in [0.25, 0.3) is 0 Å². The second kappa shape index (κ2) is 12.1. The largest absolute Gasteiger partial charge is 0.508 e. The summed E-state index contributed by atoms with van der Waals surface area (Å²) in [6.45, 7) is 10.4. The molecule has 2 aliphatic heterocycles. The summed E-state index contributed by atoms with van der Waals surface area (Å²) in [6.07, 6.45) is 6.76. The summed E-state index contributed by atoms with van der Waals surface area (Å²) in [6, 6.07) is 11.3. The number of aromatic hydroxyl groups is 1. The van der Waals surface area contributed by atoms with Crippen LogP contribution in [0.4, 0.5) is 10.2 Å². The number of ether oxygens (including phenoxy) is 2. The highest BCUT2D eigenvalue weighted by atomic mass is 19.1. The number of benzene rings is 2. The van der Waals surface area contributed by atoms with E-state index in [2.05, 4.69) is 22.8 Å². The fraction of sp³-hybridized carbons (Fsp3) is 0.487. The molecule has 1 saturated carbocycles. The maximum Gasteiger partial charge on any atom is 0.318 e. The Bertz CT molecular complexity index is 2180. The van der Waals surface area contributed by atoms with Gasteiger partial charge >= 0.3 is 6.01 Å². The van der Waals surface area contributed by atoms with Gasteiger partial charge in [0, 0.05) is 54.1 Å². The minimum atomic E-state index is -0.359. The molecule has 2 saturated heterocycles. The molecule has 2 atom stereocenters. The van der Waals surface area contributed by atoms with E-state index >= 15 is 4.39 Å². The van der Waals surface area contributed by atoms with E-state index in [1.807, 2.05) is 17.5 Å². The monoisotopic (exact) mass is 675 g/mol. The predicted molar refractivity (Wildman–Crippen MR) is 189 cm³/mol. The zero-order chi connectivity index (χ0) is 34.1. The number of hydrogen-bond acceptors (Lipinski definition) is 9. The Morgan fingerprint density at radius 2 is 1.92 bits per heavy atom. The Morgan fingerprint density at radius 3 is 2.72 bits per heavy atom. The second-order valence-corrected chi connectivity index (χ2v) is 15.2.